The summed E-state index contributed by atoms with van der Waals surface area (Å²) in [5.41, 5.74) is 10.8. The van der Waals surface area contributed by atoms with Gasteiger partial charge in [0, 0.05) is 5.56 Å². The van der Waals surface area contributed by atoms with Gasteiger partial charge in [-0.2, -0.15) is 0 Å². The Bertz CT molecular complexity index is 1020. The number of carbonyl (C=O) groups is 1. The molecule has 156 valence electrons. The van der Waals surface area contributed by atoms with Gasteiger partial charge in [-0.3, -0.25) is 4.79 Å². The number of para-hydroxylation sites is 1. The first-order valence-electron chi connectivity index (χ1n) is 9.63. The van der Waals surface area contributed by atoms with Crippen LogP contribution in [0.5, 0.6) is 5.75 Å². The predicted octanol–water partition coefficient (Wildman–Crippen LogP) is 3.04. The Morgan fingerprint density at radius 1 is 0.933 bits per heavy atom. The van der Waals surface area contributed by atoms with E-state index >= 15 is 0 Å². The van der Waals surface area contributed by atoms with Crippen molar-refractivity contribution in [1.29, 1.82) is 0 Å². The second-order valence-electron chi connectivity index (χ2n) is 7.08. The van der Waals surface area contributed by atoms with Gasteiger partial charge in [-0.05, 0) is 52.1 Å². The summed E-state index contributed by atoms with van der Waals surface area (Å²) in [4.78, 5) is 11.1. The van der Waals surface area contributed by atoms with Crippen LogP contribution in [0.15, 0.2) is 66.7 Å². The van der Waals surface area contributed by atoms with Crippen molar-refractivity contribution in [2.45, 2.75) is 25.7 Å². The van der Waals surface area contributed by atoms with E-state index in [1.807, 2.05) is 42.5 Å². The molecule has 3 aromatic rings. The van der Waals surface area contributed by atoms with Crippen LogP contribution < -0.4 is 10.5 Å². The lowest BCUT2D eigenvalue weighted by Gasteiger charge is -2.14. The van der Waals surface area contributed by atoms with Gasteiger partial charge in [0.1, 0.15) is 12.4 Å². The van der Waals surface area contributed by atoms with Crippen LogP contribution in [0, 0.1) is 0 Å². The third-order valence-corrected chi connectivity index (χ3v) is 4.79. The predicted molar refractivity (Wildman–Crippen MR) is 114 cm³/mol. The zero-order valence-electron chi connectivity index (χ0n) is 16.5. The molecule has 0 aliphatic carbocycles. The highest BCUT2D eigenvalue weighted by atomic mass is 16.5. The summed E-state index contributed by atoms with van der Waals surface area (Å²) < 4.78 is 5.90. The molecule has 0 heterocycles. The van der Waals surface area contributed by atoms with Crippen LogP contribution in [-0.4, -0.2) is 27.9 Å². The highest BCUT2D eigenvalue weighted by Gasteiger charge is 2.10. The van der Waals surface area contributed by atoms with Gasteiger partial charge >= 0.3 is 5.97 Å². The van der Waals surface area contributed by atoms with E-state index in [9.17, 15) is 15.0 Å². The molecule has 6 nitrogen and oxygen atoms in total. The number of aliphatic carboxylic acids is 1. The molecule has 5 N–H and O–H groups in total. The van der Waals surface area contributed by atoms with E-state index in [0.29, 0.717) is 11.3 Å². The lowest BCUT2D eigenvalue weighted by atomic mass is 9.97. The molecule has 0 fully saturated rings. The number of hydrogen-bond donors (Lipinski definition) is 4. The lowest BCUT2D eigenvalue weighted by Crippen LogP contribution is -2.14. The maximum Gasteiger partial charge on any atom is 0.307 e. The summed E-state index contributed by atoms with van der Waals surface area (Å²) in [7, 11) is 0. The van der Waals surface area contributed by atoms with E-state index in [1.165, 1.54) is 0 Å². The fraction of sp³-hybridized carbons (Fsp3) is 0.208. The molecule has 0 aromatic heterocycles. The summed E-state index contributed by atoms with van der Waals surface area (Å²) >= 11 is 0. The Balaban J connectivity index is 1.87. The van der Waals surface area contributed by atoms with Gasteiger partial charge in [0.25, 0.3) is 0 Å². The Kier molecular flexibility index (Phi) is 7.19. The second kappa shape index (κ2) is 10.0. The van der Waals surface area contributed by atoms with Crippen LogP contribution >= 0.6 is 0 Å². The first kappa shape index (κ1) is 21.5. The van der Waals surface area contributed by atoms with Gasteiger partial charge in [0.05, 0.1) is 25.7 Å². The second-order valence-corrected chi connectivity index (χ2v) is 7.08. The van der Waals surface area contributed by atoms with E-state index in [-0.39, 0.29) is 26.2 Å². The molecule has 6 heteroatoms. The van der Waals surface area contributed by atoms with Gasteiger partial charge in [-0.25, -0.2) is 0 Å². The van der Waals surface area contributed by atoms with Crippen LogP contribution in [0.25, 0.3) is 11.1 Å². The SMILES string of the molecule is N[C@H](CO)c1cccc(-c2cc(CO)cc(COc3ccccc3CC(=O)O)c2)c1. The number of carboxylic acids is 1. The Morgan fingerprint density at radius 3 is 2.43 bits per heavy atom. The van der Waals surface area contributed by atoms with E-state index in [0.717, 1.165) is 27.8 Å². The molecule has 0 bridgehead atoms. The first-order chi connectivity index (χ1) is 14.5. The molecule has 0 saturated heterocycles. The zero-order chi connectivity index (χ0) is 21.5. The molecule has 3 aromatic carbocycles. The zero-order valence-corrected chi connectivity index (χ0v) is 16.5. The fourth-order valence-electron chi connectivity index (χ4n) is 3.27. The van der Waals surface area contributed by atoms with Crippen molar-refractivity contribution in [1.82, 2.24) is 0 Å². The maximum atomic E-state index is 11.1. The lowest BCUT2D eigenvalue weighted by molar-refractivity contribution is -0.136. The number of aliphatic hydroxyl groups excluding tert-OH is 2. The molecule has 1 atom stereocenters. The van der Waals surface area contributed by atoms with Crippen molar-refractivity contribution >= 4 is 5.97 Å². The van der Waals surface area contributed by atoms with Crippen molar-refractivity contribution in [3.8, 4) is 16.9 Å². The highest BCUT2D eigenvalue weighted by molar-refractivity contribution is 5.71. The van der Waals surface area contributed by atoms with Crippen LogP contribution in [0.4, 0.5) is 0 Å². The molecule has 0 saturated carbocycles. The summed E-state index contributed by atoms with van der Waals surface area (Å²) in [5, 5.41) is 28.1. The number of rotatable bonds is 9. The van der Waals surface area contributed by atoms with Gasteiger partial charge in [-0.15, -0.1) is 0 Å². The molecular weight excluding hydrogens is 382 g/mol. The molecule has 3 rings (SSSR count). The topological polar surface area (TPSA) is 113 Å². The van der Waals surface area contributed by atoms with E-state index in [2.05, 4.69) is 0 Å². The number of hydrogen-bond acceptors (Lipinski definition) is 5. The number of nitrogens with two attached hydrogens (primary N) is 1. The van der Waals surface area contributed by atoms with Crippen LogP contribution in [0.1, 0.15) is 28.3 Å². The normalized spacial score (nSPS) is 11.8. The van der Waals surface area contributed by atoms with E-state index in [4.69, 9.17) is 15.6 Å². The van der Waals surface area contributed by atoms with Gasteiger partial charge in [0.2, 0.25) is 0 Å². The van der Waals surface area contributed by atoms with E-state index in [1.54, 1.807) is 24.3 Å². The quantitative estimate of drug-likeness (QED) is 0.434. The van der Waals surface area contributed by atoms with Crippen molar-refractivity contribution in [3.63, 3.8) is 0 Å². The van der Waals surface area contributed by atoms with Gasteiger partial charge in [0.15, 0.2) is 0 Å². The minimum absolute atomic E-state index is 0.115. The Morgan fingerprint density at radius 2 is 1.70 bits per heavy atom. The summed E-state index contributed by atoms with van der Waals surface area (Å²) in [5.74, 6) is -0.400. The summed E-state index contributed by atoms with van der Waals surface area (Å²) in [6.07, 6.45) is -0.115. The molecule has 0 unspecified atom stereocenters. The minimum atomic E-state index is -0.920. The third-order valence-electron chi connectivity index (χ3n) is 4.79. The number of carboxylic acid groups (broad SMARTS) is 1. The van der Waals surface area contributed by atoms with E-state index < -0.39 is 12.0 Å². The van der Waals surface area contributed by atoms with Gasteiger partial charge < -0.3 is 25.8 Å². The molecule has 0 aliphatic heterocycles. The molecule has 30 heavy (non-hydrogen) atoms. The molecule has 0 amide bonds. The van der Waals surface area contributed by atoms with Crippen molar-refractivity contribution < 1.29 is 24.9 Å². The Labute approximate surface area is 175 Å². The monoisotopic (exact) mass is 407 g/mol. The van der Waals surface area contributed by atoms with Crippen molar-refractivity contribution in [3.05, 3.63) is 89.0 Å². The average molecular weight is 407 g/mol. The van der Waals surface area contributed by atoms with Gasteiger partial charge in [-0.1, -0.05) is 42.5 Å². The van der Waals surface area contributed by atoms with Crippen LogP contribution in [0.3, 0.4) is 0 Å². The third kappa shape index (κ3) is 5.45. The average Bonchev–Trinajstić information content (AvgIpc) is 2.77. The molecule has 0 aliphatic rings. The highest BCUT2D eigenvalue weighted by Crippen LogP contribution is 2.27. The van der Waals surface area contributed by atoms with Crippen LogP contribution in [0.2, 0.25) is 0 Å². The Hall–Kier alpha value is -3.19. The smallest absolute Gasteiger partial charge is 0.307 e. The maximum absolute atomic E-state index is 11.1. The first-order valence-corrected chi connectivity index (χ1v) is 9.63. The molecule has 0 radical (unpaired) electrons. The van der Waals surface area contributed by atoms with Crippen molar-refractivity contribution in [2.75, 3.05) is 6.61 Å². The largest absolute Gasteiger partial charge is 0.489 e. The number of aliphatic hydroxyl groups is 2. The molecular formula is C24H25NO5. The fourth-order valence-corrected chi connectivity index (χ4v) is 3.27. The number of benzene rings is 3. The molecule has 0 spiro atoms. The summed E-state index contributed by atoms with van der Waals surface area (Å²) in [6.45, 7) is -0.0332. The standard InChI is InChI=1S/C24H25NO5/c25-22(14-27)19-6-3-5-18(11-19)21-9-16(13-26)8-17(10-21)15-30-23-7-2-1-4-20(23)12-24(28)29/h1-11,22,26-27H,12-15,25H2,(H,28,29)/t22-/m1/s1. The minimum Gasteiger partial charge on any atom is -0.489 e. The van der Waals surface area contributed by atoms with Crippen LogP contribution in [-0.2, 0) is 24.4 Å². The number of ether oxygens (including phenoxy) is 1. The van der Waals surface area contributed by atoms with Crippen molar-refractivity contribution in [2.24, 2.45) is 5.73 Å². The summed E-state index contributed by atoms with van der Waals surface area (Å²) in [6, 6.07) is 19.9.